The van der Waals surface area contributed by atoms with Gasteiger partial charge in [-0.2, -0.15) is 5.10 Å². The van der Waals surface area contributed by atoms with Crippen LogP contribution >= 0.6 is 0 Å². The monoisotopic (exact) mass is 264 g/mol. The molecule has 1 amide bonds. The van der Waals surface area contributed by atoms with Gasteiger partial charge in [-0.05, 0) is 31.7 Å². The fraction of sp³-hybridized carbons (Fsp3) is 0.714. The summed E-state index contributed by atoms with van der Waals surface area (Å²) in [6, 6.07) is 1.88. The van der Waals surface area contributed by atoms with Crippen molar-refractivity contribution >= 4 is 11.7 Å². The quantitative estimate of drug-likeness (QED) is 0.873. The van der Waals surface area contributed by atoms with Crippen LogP contribution in [0.15, 0.2) is 6.07 Å². The summed E-state index contributed by atoms with van der Waals surface area (Å²) in [5, 5.41) is 7.17. The number of hydrogen-bond donors (Lipinski definition) is 2. The molecular weight excluding hydrogens is 240 g/mol. The number of carbonyl (C=O) groups is 1. The molecule has 0 bridgehead atoms. The first-order valence-corrected chi connectivity index (χ1v) is 7.05. The molecule has 106 valence electrons. The fourth-order valence-electron chi connectivity index (χ4n) is 3.01. The SMILES string of the molecule is Cc1cc(NC(=O)CC2(CN)CCCCC2)n(C)n1. The lowest BCUT2D eigenvalue weighted by atomic mass is 9.71. The van der Waals surface area contributed by atoms with Crippen LogP contribution in [-0.4, -0.2) is 22.2 Å². The van der Waals surface area contributed by atoms with E-state index in [0.29, 0.717) is 13.0 Å². The van der Waals surface area contributed by atoms with Crippen molar-refractivity contribution in [3.63, 3.8) is 0 Å². The Morgan fingerprint density at radius 1 is 1.47 bits per heavy atom. The van der Waals surface area contributed by atoms with Crippen molar-refractivity contribution in [3.8, 4) is 0 Å². The summed E-state index contributed by atoms with van der Waals surface area (Å²) in [7, 11) is 1.84. The van der Waals surface area contributed by atoms with Crippen molar-refractivity contribution in [2.24, 2.45) is 18.2 Å². The number of carbonyl (C=O) groups excluding carboxylic acids is 1. The molecule has 1 aliphatic carbocycles. The maximum atomic E-state index is 12.2. The van der Waals surface area contributed by atoms with E-state index in [1.807, 2.05) is 20.0 Å². The predicted octanol–water partition coefficient (Wildman–Crippen LogP) is 1.97. The molecular formula is C14H24N4O. The molecule has 0 unspecified atom stereocenters. The molecule has 1 saturated carbocycles. The third-order valence-electron chi connectivity index (χ3n) is 4.15. The van der Waals surface area contributed by atoms with Crippen molar-refractivity contribution in [1.29, 1.82) is 0 Å². The van der Waals surface area contributed by atoms with Gasteiger partial charge in [0, 0.05) is 19.5 Å². The number of rotatable bonds is 4. The number of anilines is 1. The zero-order chi connectivity index (χ0) is 13.9. The highest BCUT2D eigenvalue weighted by Crippen LogP contribution is 2.38. The Kier molecular flexibility index (Phi) is 4.24. The van der Waals surface area contributed by atoms with E-state index in [1.54, 1.807) is 4.68 Å². The number of nitrogens with one attached hydrogen (secondary N) is 1. The van der Waals surface area contributed by atoms with Gasteiger partial charge in [-0.3, -0.25) is 9.48 Å². The van der Waals surface area contributed by atoms with Gasteiger partial charge in [0.1, 0.15) is 5.82 Å². The first-order chi connectivity index (χ1) is 9.04. The summed E-state index contributed by atoms with van der Waals surface area (Å²) in [5.41, 5.74) is 6.83. The smallest absolute Gasteiger partial charge is 0.226 e. The normalized spacial score (nSPS) is 18.3. The lowest BCUT2D eigenvalue weighted by Gasteiger charge is -2.35. The van der Waals surface area contributed by atoms with Gasteiger partial charge in [0.25, 0.3) is 0 Å². The van der Waals surface area contributed by atoms with Crippen LogP contribution in [0.3, 0.4) is 0 Å². The van der Waals surface area contributed by atoms with Gasteiger partial charge in [-0.25, -0.2) is 0 Å². The summed E-state index contributed by atoms with van der Waals surface area (Å²) in [6.45, 7) is 2.52. The molecule has 5 heteroatoms. The van der Waals surface area contributed by atoms with E-state index in [9.17, 15) is 4.79 Å². The summed E-state index contributed by atoms with van der Waals surface area (Å²) in [6.07, 6.45) is 6.31. The van der Waals surface area contributed by atoms with Crippen LogP contribution in [0.2, 0.25) is 0 Å². The van der Waals surface area contributed by atoms with Crippen molar-refractivity contribution in [2.45, 2.75) is 45.4 Å². The maximum Gasteiger partial charge on any atom is 0.226 e. The number of aryl methyl sites for hydroxylation is 2. The Morgan fingerprint density at radius 2 is 2.16 bits per heavy atom. The molecule has 0 saturated heterocycles. The van der Waals surface area contributed by atoms with Gasteiger partial charge in [-0.15, -0.1) is 0 Å². The number of aromatic nitrogens is 2. The van der Waals surface area contributed by atoms with Crippen LogP contribution in [0.1, 0.15) is 44.2 Å². The molecule has 5 nitrogen and oxygen atoms in total. The number of nitrogens with two attached hydrogens (primary N) is 1. The highest BCUT2D eigenvalue weighted by molar-refractivity contribution is 5.90. The van der Waals surface area contributed by atoms with Crippen LogP contribution in [0, 0.1) is 12.3 Å². The Morgan fingerprint density at radius 3 is 2.68 bits per heavy atom. The van der Waals surface area contributed by atoms with E-state index >= 15 is 0 Å². The van der Waals surface area contributed by atoms with Gasteiger partial charge in [-0.1, -0.05) is 19.3 Å². The van der Waals surface area contributed by atoms with Gasteiger partial charge < -0.3 is 11.1 Å². The van der Waals surface area contributed by atoms with Crippen molar-refractivity contribution in [3.05, 3.63) is 11.8 Å². The average Bonchev–Trinajstić information content (AvgIpc) is 2.68. The largest absolute Gasteiger partial charge is 0.330 e. The Labute approximate surface area is 114 Å². The lowest BCUT2D eigenvalue weighted by Crippen LogP contribution is -2.36. The standard InChI is InChI=1S/C14H24N4O/c1-11-8-12(18(2)17-11)16-13(19)9-14(10-15)6-4-3-5-7-14/h8H,3-7,9-10,15H2,1-2H3,(H,16,19). The van der Waals surface area contributed by atoms with Gasteiger partial charge >= 0.3 is 0 Å². The first-order valence-electron chi connectivity index (χ1n) is 7.05. The molecule has 0 radical (unpaired) electrons. The molecule has 2 rings (SSSR count). The predicted molar refractivity (Wildman–Crippen MR) is 75.8 cm³/mol. The zero-order valence-corrected chi connectivity index (χ0v) is 11.9. The molecule has 3 N–H and O–H groups in total. The highest BCUT2D eigenvalue weighted by atomic mass is 16.1. The van der Waals surface area contributed by atoms with E-state index in [0.717, 1.165) is 24.4 Å². The highest BCUT2D eigenvalue weighted by Gasteiger charge is 2.33. The summed E-state index contributed by atoms with van der Waals surface area (Å²) < 4.78 is 1.70. The van der Waals surface area contributed by atoms with Crippen LogP contribution < -0.4 is 11.1 Å². The average molecular weight is 264 g/mol. The lowest BCUT2D eigenvalue weighted by molar-refractivity contribution is -0.118. The van der Waals surface area contributed by atoms with E-state index in [-0.39, 0.29) is 11.3 Å². The minimum Gasteiger partial charge on any atom is -0.330 e. The molecule has 0 spiro atoms. The maximum absolute atomic E-state index is 12.2. The van der Waals surface area contributed by atoms with Crippen LogP contribution in [0.4, 0.5) is 5.82 Å². The second-order valence-corrected chi connectivity index (χ2v) is 5.78. The van der Waals surface area contributed by atoms with E-state index in [2.05, 4.69) is 10.4 Å². The minimum atomic E-state index is 0.00989. The third kappa shape index (κ3) is 3.35. The van der Waals surface area contributed by atoms with Crippen LogP contribution in [-0.2, 0) is 11.8 Å². The molecule has 0 aliphatic heterocycles. The van der Waals surface area contributed by atoms with Crippen molar-refractivity contribution in [2.75, 3.05) is 11.9 Å². The minimum absolute atomic E-state index is 0.00989. The Balaban J connectivity index is 1.98. The summed E-state index contributed by atoms with van der Waals surface area (Å²) >= 11 is 0. The van der Waals surface area contributed by atoms with Gasteiger partial charge in [0.05, 0.1) is 5.69 Å². The molecule has 19 heavy (non-hydrogen) atoms. The third-order valence-corrected chi connectivity index (χ3v) is 4.15. The molecule has 1 aromatic rings. The molecule has 1 fully saturated rings. The van der Waals surface area contributed by atoms with E-state index in [1.165, 1.54) is 19.3 Å². The Bertz CT molecular complexity index is 446. The second-order valence-electron chi connectivity index (χ2n) is 5.78. The number of nitrogens with zero attached hydrogens (tertiary/aromatic N) is 2. The van der Waals surface area contributed by atoms with E-state index in [4.69, 9.17) is 5.73 Å². The van der Waals surface area contributed by atoms with E-state index < -0.39 is 0 Å². The molecule has 0 atom stereocenters. The summed E-state index contributed by atoms with van der Waals surface area (Å²) in [4.78, 5) is 12.2. The molecule has 1 aromatic heterocycles. The topological polar surface area (TPSA) is 72.9 Å². The molecule has 0 aromatic carbocycles. The second kappa shape index (κ2) is 5.74. The van der Waals surface area contributed by atoms with Crippen LogP contribution in [0.5, 0.6) is 0 Å². The Hall–Kier alpha value is -1.36. The molecule has 1 heterocycles. The zero-order valence-electron chi connectivity index (χ0n) is 11.9. The summed E-state index contributed by atoms with van der Waals surface area (Å²) in [5.74, 6) is 0.806. The van der Waals surface area contributed by atoms with Crippen molar-refractivity contribution in [1.82, 2.24) is 9.78 Å². The van der Waals surface area contributed by atoms with Gasteiger partial charge in [0.2, 0.25) is 5.91 Å². The van der Waals surface area contributed by atoms with Gasteiger partial charge in [0.15, 0.2) is 0 Å². The number of hydrogen-bond acceptors (Lipinski definition) is 3. The first kappa shape index (κ1) is 14.1. The fourth-order valence-corrected chi connectivity index (χ4v) is 3.01. The van der Waals surface area contributed by atoms with Crippen LogP contribution in [0.25, 0.3) is 0 Å². The van der Waals surface area contributed by atoms with Crippen molar-refractivity contribution < 1.29 is 4.79 Å². The molecule has 1 aliphatic rings. The number of amides is 1.